The Morgan fingerprint density at radius 2 is 1.66 bits per heavy atom. The third kappa shape index (κ3) is 11.9. The predicted molar refractivity (Wildman–Crippen MR) is 108 cm³/mol. The van der Waals surface area contributed by atoms with Crippen LogP contribution < -0.4 is 143 Å². The summed E-state index contributed by atoms with van der Waals surface area (Å²) in [4.78, 5) is 56.1. The fourth-order valence-electron chi connectivity index (χ4n) is 3.30. The van der Waals surface area contributed by atoms with Crippen LogP contribution in [0.3, 0.4) is 0 Å². The molecule has 0 radical (unpaired) electrons. The number of fused-ring (bicyclic) bond motifs is 1. The van der Waals surface area contributed by atoms with Gasteiger partial charge in [-0.2, -0.15) is 0 Å². The number of imidazole rings is 1. The standard InChI is InChI=1S/C15H20N5O14P3.4Na/c21-11-9(5-31-36(26,27)34-37(28,29)33-35(23,24)25)32-15(12(11)22)20-7-19-10-13(17-6-18-14(10)20)16-4-8-2-1-3-30-8;;;;/h1-3,6-7,9,11-12,15,21-22H,4-5H2,(H,26,27)(H,28,29)(H,16,17,18)(H2,23,24,25);;;;/q;4*+1/p-4/t9-,11+,12?,15-;;;;/m1..../s1. The van der Waals surface area contributed by atoms with E-state index in [0.717, 1.165) is 0 Å². The number of furan rings is 1. The second-order valence-corrected chi connectivity index (χ2v) is 11.6. The number of nitrogens with zero attached hydrogens (tertiary/aromatic N) is 4. The summed E-state index contributed by atoms with van der Waals surface area (Å²) in [6.45, 7) is -0.814. The van der Waals surface area contributed by atoms with Crippen LogP contribution in [0.15, 0.2) is 35.5 Å². The van der Waals surface area contributed by atoms with E-state index in [1.807, 2.05) is 0 Å². The average molecular weight is 675 g/mol. The van der Waals surface area contributed by atoms with E-state index >= 15 is 0 Å². The summed E-state index contributed by atoms with van der Waals surface area (Å²) in [6, 6.07) is 3.44. The van der Waals surface area contributed by atoms with Gasteiger partial charge in [-0.1, -0.05) is 0 Å². The molecule has 41 heavy (non-hydrogen) atoms. The van der Waals surface area contributed by atoms with Crippen molar-refractivity contribution in [3.8, 4) is 0 Å². The third-order valence-electron chi connectivity index (χ3n) is 4.78. The molecule has 4 heterocycles. The van der Waals surface area contributed by atoms with Crippen molar-refractivity contribution in [2.24, 2.45) is 0 Å². The van der Waals surface area contributed by atoms with Gasteiger partial charge in [0.25, 0.3) is 15.6 Å². The van der Waals surface area contributed by atoms with Gasteiger partial charge in [0.15, 0.2) is 23.2 Å². The van der Waals surface area contributed by atoms with Gasteiger partial charge in [-0.05, 0) is 12.1 Å². The van der Waals surface area contributed by atoms with E-state index in [1.54, 1.807) is 12.1 Å². The normalized spacial score (nSPS) is 23.2. The molecule has 19 nitrogen and oxygen atoms in total. The van der Waals surface area contributed by atoms with E-state index in [2.05, 4.69) is 33.4 Å². The Labute approximate surface area is 319 Å². The zero-order valence-electron chi connectivity index (χ0n) is 22.0. The molecule has 0 bridgehead atoms. The maximum Gasteiger partial charge on any atom is 1.00 e. The molecule has 1 fully saturated rings. The number of ether oxygens (including phenoxy) is 1. The van der Waals surface area contributed by atoms with Gasteiger partial charge in [-0.3, -0.25) is 18.0 Å². The van der Waals surface area contributed by atoms with E-state index in [9.17, 15) is 43.5 Å². The predicted octanol–water partition coefficient (Wildman–Crippen LogP) is -14.5. The first-order valence-electron chi connectivity index (χ1n) is 9.91. The van der Waals surface area contributed by atoms with Gasteiger partial charge >= 0.3 is 118 Å². The van der Waals surface area contributed by atoms with Crippen molar-refractivity contribution in [1.29, 1.82) is 0 Å². The minimum atomic E-state index is -6.16. The van der Waals surface area contributed by atoms with Gasteiger partial charge in [0.05, 0.1) is 33.6 Å². The Bertz CT molecular complexity index is 1400. The Kier molecular flexibility index (Phi) is 18.6. The van der Waals surface area contributed by atoms with E-state index in [4.69, 9.17) is 9.15 Å². The first-order chi connectivity index (χ1) is 17.2. The number of anilines is 1. The number of phosphoric acid groups is 3. The van der Waals surface area contributed by atoms with Gasteiger partial charge in [-0.25, -0.2) is 19.3 Å². The molecule has 0 aliphatic carbocycles. The minimum absolute atomic E-state index is 0. The number of nitrogens with one attached hydrogen (secondary N) is 1. The summed E-state index contributed by atoms with van der Waals surface area (Å²) in [7, 11) is -18.1. The molecule has 3 N–H and O–H groups in total. The Balaban J connectivity index is 0.00000400. The number of hydrogen-bond donors (Lipinski definition) is 3. The smallest absolute Gasteiger partial charge is 0.790 e. The summed E-state index contributed by atoms with van der Waals surface area (Å²) in [5, 5.41) is 23.7. The van der Waals surface area contributed by atoms with Crippen molar-refractivity contribution in [3.05, 3.63) is 36.8 Å². The molecule has 0 spiro atoms. The molecule has 1 saturated heterocycles. The van der Waals surface area contributed by atoms with Crippen LogP contribution in [0.4, 0.5) is 5.82 Å². The second kappa shape index (κ2) is 17.7. The maximum atomic E-state index is 11.7. The Morgan fingerprint density at radius 3 is 2.27 bits per heavy atom. The minimum Gasteiger partial charge on any atom is -0.790 e. The molecule has 1 aliphatic heterocycles. The number of aliphatic hydroxyl groups excluding tert-OH is 2. The van der Waals surface area contributed by atoms with Crippen LogP contribution in [0, 0.1) is 0 Å². The summed E-state index contributed by atoms with van der Waals surface area (Å²) in [6.07, 6.45) is -2.41. The van der Waals surface area contributed by atoms with E-state index in [0.29, 0.717) is 11.6 Å². The Hall–Kier alpha value is 1.92. The average Bonchev–Trinajstić information content (AvgIpc) is 3.49. The van der Waals surface area contributed by atoms with Crippen LogP contribution in [0.25, 0.3) is 11.2 Å². The molecule has 204 valence electrons. The van der Waals surface area contributed by atoms with Crippen LogP contribution in [-0.2, 0) is 38.1 Å². The number of rotatable bonds is 11. The molecule has 0 amide bonds. The molecule has 3 unspecified atom stereocenters. The summed E-state index contributed by atoms with van der Waals surface area (Å²) >= 11 is 0. The van der Waals surface area contributed by atoms with E-state index in [1.165, 1.54) is 23.5 Å². The molecule has 26 heteroatoms. The van der Waals surface area contributed by atoms with Crippen molar-refractivity contribution in [2.75, 3.05) is 11.9 Å². The largest absolute Gasteiger partial charge is 1.00 e. The SMILES string of the molecule is O=P([O-])([O-])OP(=O)([O-])OP(=O)([O-])OC[C@H]1O[C@@H](n2cnc3c(NCc4ccco4)ncnc32)C(O)[C@H]1O.[Na+].[Na+].[Na+].[Na+]. The van der Waals surface area contributed by atoms with Crippen LogP contribution >= 0.6 is 23.5 Å². The third-order valence-corrected chi connectivity index (χ3v) is 8.44. The first kappa shape index (κ1) is 42.9. The summed E-state index contributed by atoms with van der Waals surface area (Å²) < 4.78 is 56.1. The molecule has 3 aromatic rings. The van der Waals surface area contributed by atoms with E-state index in [-0.39, 0.29) is 136 Å². The maximum absolute atomic E-state index is 11.7. The molecule has 1 aliphatic rings. The summed E-state index contributed by atoms with van der Waals surface area (Å²) in [5.74, 6) is 0.920. The van der Waals surface area contributed by atoms with Crippen molar-refractivity contribution in [2.45, 2.75) is 31.1 Å². The monoisotopic (exact) mass is 675 g/mol. The van der Waals surface area contributed by atoms with Crippen LogP contribution in [0.2, 0.25) is 0 Å². The molecule has 4 rings (SSSR count). The number of aliphatic hydroxyl groups is 2. The van der Waals surface area contributed by atoms with Gasteiger partial charge in [0.1, 0.15) is 30.4 Å². The number of aromatic nitrogens is 4. The van der Waals surface area contributed by atoms with Crippen LogP contribution in [-0.4, -0.2) is 54.7 Å². The van der Waals surface area contributed by atoms with Crippen molar-refractivity contribution in [3.63, 3.8) is 0 Å². The van der Waals surface area contributed by atoms with Gasteiger partial charge in [0, 0.05) is 0 Å². The Morgan fingerprint density at radius 1 is 0.976 bits per heavy atom. The van der Waals surface area contributed by atoms with Crippen molar-refractivity contribution in [1.82, 2.24) is 19.5 Å². The quantitative estimate of drug-likeness (QED) is 0.126. The fraction of sp³-hybridized carbons (Fsp3) is 0.400. The zero-order chi connectivity index (χ0) is 27.0. The molecule has 6 atom stereocenters. The molecular formula is C15H16N5Na4O14P3. The second-order valence-electron chi connectivity index (χ2n) is 7.33. The number of hydrogen-bond acceptors (Lipinski definition) is 18. The van der Waals surface area contributed by atoms with Gasteiger partial charge in [-0.15, -0.1) is 0 Å². The molecule has 0 aromatic carbocycles. The fourth-order valence-corrected chi connectivity index (χ4v) is 6.16. The van der Waals surface area contributed by atoms with Crippen LogP contribution in [0.5, 0.6) is 0 Å². The first-order valence-corrected chi connectivity index (χ1v) is 14.3. The van der Waals surface area contributed by atoms with Gasteiger partial charge < -0.3 is 53.3 Å². The van der Waals surface area contributed by atoms with Crippen molar-refractivity contribution >= 4 is 40.4 Å². The summed E-state index contributed by atoms with van der Waals surface area (Å²) in [5.41, 5.74) is 0.424. The van der Waals surface area contributed by atoms with E-state index < -0.39 is 54.6 Å². The van der Waals surface area contributed by atoms with Crippen molar-refractivity contribution < 1.29 is 184 Å². The van der Waals surface area contributed by atoms with Crippen LogP contribution in [0.1, 0.15) is 12.0 Å². The van der Waals surface area contributed by atoms with Gasteiger partial charge in [0.2, 0.25) is 0 Å². The molecule has 0 saturated carbocycles. The topological polar surface area (TPSA) is 290 Å². The zero-order valence-corrected chi connectivity index (χ0v) is 32.7. The molecular weight excluding hydrogens is 659 g/mol. The number of phosphoric ester groups is 1. The molecule has 3 aromatic heterocycles.